The van der Waals surface area contributed by atoms with Gasteiger partial charge in [0.25, 0.3) is 5.91 Å². The number of thiazole rings is 1. The van der Waals surface area contributed by atoms with E-state index in [9.17, 15) is 4.79 Å². The summed E-state index contributed by atoms with van der Waals surface area (Å²) in [5.74, 6) is 1.31. The van der Waals surface area contributed by atoms with Crippen molar-refractivity contribution in [2.75, 3.05) is 6.54 Å². The first-order valence-corrected chi connectivity index (χ1v) is 7.15. The van der Waals surface area contributed by atoms with Crippen molar-refractivity contribution in [2.45, 2.75) is 46.0 Å². The summed E-state index contributed by atoms with van der Waals surface area (Å²) in [6.45, 7) is 7.01. The molecule has 2 rings (SSSR count). The molecule has 1 saturated carbocycles. The molecule has 0 bridgehead atoms. The van der Waals surface area contributed by atoms with Gasteiger partial charge >= 0.3 is 0 Å². The molecular formula is C13H20N2OS. The van der Waals surface area contributed by atoms with Crippen LogP contribution >= 0.6 is 11.3 Å². The first-order chi connectivity index (χ1) is 8.08. The molecule has 17 heavy (non-hydrogen) atoms. The number of carbonyl (C=O) groups excluding carboxylic acids is 1. The van der Waals surface area contributed by atoms with E-state index < -0.39 is 0 Å². The zero-order chi connectivity index (χ0) is 12.4. The number of nitrogens with zero attached hydrogens (tertiary/aromatic N) is 1. The first-order valence-electron chi connectivity index (χ1n) is 6.33. The number of rotatable bonds is 5. The summed E-state index contributed by atoms with van der Waals surface area (Å²) in [5, 5.41) is 4.12. The highest BCUT2D eigenvalue weighted by Gasteiger charge is 2.28. The highest BCUT2D eigenvalue weighted by molar-refractivity contribution is 7.13. The lowest BCUT2D eigenvalue weighted by atomic mass is 10.1. The molecule has 0 radical (unpaired) electrons. The van der Waals surface area contributed by atoms with Crippen LogP contribution in [0.15, 0.2) is 0 Å². The molecule has 0 atom stereocenters. The third-order valence-electron chi connectivity index (χ3n) is 2.95. The Balaban J connectivity index is 1.93. The Hall–Kier alpha value is -0.900. The number of aromatic nitrogens is 1. The number of hydrogen-bond donors (Lipinski definition) is 1. The zero-order valence-electron chi connectivity index (χ0n) is 10.7. The second kappa shape index (κ2) is 5.17. The number of amides is 1. The van der Waals surface area contributed by atoms with Crippen molar-refractivity contribution in [3.63, 3.8) is 0 Å². The average molecular weight is 252 g/mol. The van der Waals surface area contributed by atoms with Gasteiger partial charge in [0, 0.05) is 12.5 Å². The molecule has 4 heteroatoms. The van der Waals surface area contributed by atoms with Crippen LogP contribution in [0.1, 0.15) is 59.4 Å². The fourth-order valence-corrected chi connectivity index (χ4v) is 2.84. The van der Waals surface area contributed by atoms with E-state index >= 15 is 0 Å². The summed E-state index contributed by atoms with van der Waals surface area (Å²) < 4.78 is 0. The van der Waals surface area contributed by atoms with Crippen molar-refractivity contribution in [1.29, 1.82) is 0 Å². The minimum atomic E-state index is 0.0487. The molecular weight excluding hydrogens is 232 g/mol. The van der Waals surface area contributed by atoms with E-state index in [1.165, 1.54) is 12.8 Å². The monoisotopic (exact) mass is 252 g/mol. The van der Waals surface area contributed by atoms with E-state index in [4.69, 9.17) is 0 Å². The standard InChI is InChI=1S/C13H20N2OS/c1-8(2)6-7-14-12(16)11-9(3)15-13(17-11)10-4-5-10/h8,10H,4-7H2,1-3H3,(H,14,16). The molecule has 1 fully saturated rings. The van der Waals surface area contributed by atoms with Gasteiger partial charge in [0.1, 0.15) is 4.88 Å². The molecule has 0 spiro atoms. The summed E-state index contributed by atoms with van der Waals surface area (Å²) in [4.78, 5) is 17.3. The lowest BCUT2D eigenvalue weighted by Gasteiger charge is -2.05. The van der Waals surface area contributed by atoms with Gasteiger partial charge in [-0.15, -0.1) is 11.3 Å². The lowest BCUT2D eigenvalue weighted by molar-refractivity contribution is 0.0955. The lowest BCUT2D eigenvalue weighted by Crippen LogP contribution is -2.25. The third-order valence-corrected chi connectivity index (χ3v) is 4.27. The van der Waals surface area contributed by atoms with Gasteiger partial charge in [0.2, 0.25) is 0 Å². The molecule has 1 aromatic rings. The first kappa shape index (κ1) is 12.6. The topological polar surface area (TPSA) is 42.0 Å². The Morgan fingerprint density at radius 2 is 2.24 bits per heavy atom. The van der Waals surface area contributed by atoms with E-state index in [0.717, 1.165) is 28.5 Å². The SMILES string of the molecule is Cc1nc(C2CC2)sc1C(=O)NCCC(C)C. The highest BCUT2D eigenvalue weighted by Crippen LogP contribution is 2.42. The van der Waals surface area contributed by atoms with Gasteiger partial charge in [-0.05, 0) is 32.1 Å². The van der Waals surface area contributed by atoms with Crippen LogP contribution in [0.2, 0.25) is 0 Å². The maximum absolute atomic E-state index is 12.0. The molecule has 1 aromatic heterocycles. The van der Waals surface area contributed by atoms with Crippen molar-refractivity contribution in [2.24, 2.45) is 5.92 Å². The Labute approximate surface area is 107 Å². The minimum absolute atomic E-state index is 0.0487. The normalized spacial score (nSPS) is 15.3. The summed E-state index contributed by atoms with van der Waals surface area (Å²) in [6, 6.07) is 0. The molecule has 1 aliphatic carbocycles. The van der Waals surface area contributed by atoms with E-state index in [1.807, 2.05) is 6.92 Å². The number of hydrogen-bond acceptors (Lipinski definition) is 3. The minimum Gasteiger partial charge on any atom is -0.351 e. The van der Waals surface area contributed by atoms with E-state index in [-0.39, 0.29) is 5.91 Å². The van der Waals surface area contributed by atoms with Crippen molar-refractivity contribution in [1.82, 2.24) is 10.3 Å². The third kappa shape index (κ3) is 3.28. The van der Waals surface area contributed by atoms with Crippen molar-refractivity contribution >= 4 is 17.2 Å². The van der Waals surface area contributed by atoms with E-state index in [0.29, 0.717) is 11.8 Å². The van der Waals surface area contributed by atoms with Crippen LogP contribution in [0.3, 0.4) is 0 Å². The summed E-state index contributed by atoms with van der Waals surface area (Å²) >= 11 is 1.57. The fraction of sp³-hybridized carbons (Fsp3) is 0.692. The van der Waals surface area contributed by atoms with Crippen LogP contribution in [0.5, 0.6) is 0 Å². The van der Waals surface area contributed by atoms with Gasteiger partial charge in [-0.25, -0.2) is 4.98 Å². The quantitative estimate of drug-likeness (QED) is 0.875. The Bertz CT molecular complexity index is 408. The second-order valence-corrected chi connectivity index (χ2v) is 6.21. The number of carbonyl (C=O) groups is 1. The van der Waals surface area contributed by atoms with Gasteiger partial charge in [0.15, 0.2) is 0 Å². The molecule has 3 nitrogen and oxygen atoms in total. The van der Waals surface area contributed by atoms with Crippen LogP contribution in [-0.4, -0.2) is 17.4 Å². The van der Waals surface area contributed by atoms with Crippen LogP contribution in [0, 0.1) is 12.8 Å². The van der Waals surface area contributed by atoms with Crippen LogP contribution < -0.4 is 5.32 Å². The van der Waals surface area contributed by atoms with Gasteiger partial charge < -0.3 is 5.32 Å². The predicted molar refractivity (Wildman–Crippen MR) is 70.6 cm³/mol. The van der Waals surface area contributed by atoms with Gasteiger partial charge in [0.05, 0.1) is 10.7 Å². The van der Waals surface area contributed by atoms with E-state index in [1.54, 1.807) is 11.3 Å². The zero-order valence-corrected chi connectivity index (χ0v) is 11.6. The summed E-state index contributed by atoms with van der Waals surface area (Å²) in [5.41, 5.74) is 0.888. The van der Waals surface area contributed by atoms with Crippen LogP contribution in [-0.2, 0) is 0 Å². The number of nitrogens with one attached hydrogen (secondary N) is 1. The van der Waals surface area contributed by atoms with E-state index in [2.05, 4.69) is 24.1 Å². The van der Waals surface area contributed by atoms with Gasteiger partial charge in [-0.3, -0.25) is 4.79 Å². The molecule has 0 aromatic carbocycles. The smallest absolute Gasteiger partial charge is 0.263 e. The summed E-state index contributed by atoms with van der Waals surface area (Å²) in [7, 11) is 0. The van der Waals surface area contributed by atoms with Gasteiger partial charge in [-0.2, -0.15) is 0 Å². The molecule has 1 N–H and O–H groups in total. The van der Waals surface area contributed by atoms with Crippen molar-refractivity contribution in [3.05, 3.63) is 15.6 Å². The average Bonchev–Trinajstić information content (AvgIpc) is 3.02. The van der Waals surface area contributed by atoms with Crippen LogP contribution in [0.25, 0.3) is 0 Å². The summed E-state index contributed by atoms with van der Waals surface area (Å²) in [6.07, 6.45) is 3.50. The maximum Gasteiger partial charge on any atom is 0.263 e. The molecule has 1 aliphatic rings. The highest BCUT2D eigenvalue weighted by atomic mass is 32.1. The predicted octanol–water partition coefficient (Wildman–Crippen LogP) is 3.10. The Kier molecular flexibility index (Phi) is 3.82. The molecule has 1 heterocycles. The van der Waals surface area contributed by atoms with Crippen molar-refractivity contribution in [3.8, 4) is 0 Å². The Morgan fingerprint density at radius 1 is 1.53 bits per heavy atom. The molecule has 94 valence electrons. The second-order valence-electron chi connectivity index (χ2n) is 5.18. The molecule has 0 aliphatic heterocycles. The van der Waals surface area contributed by atoms with Crippen LogP contribution in [0.4, 0.5) is 0 Å². The maximum atomic E-state index is 12.0. The molecule has 1 amide bonds. The Morgan fingerprint density at radius 3 is 2.82 bits per heavy atom. The van der Waals surface area contributed by atoms with Crippen molar-refractivity contribution < 1.29 is 4.79 Å². The largest absolute Gasteiger partial charge is 0.351 e. The fourth-order valence-electron chi connectivity index (χ4n) is 1.69. The number of aryl methyl sites for hydroxylation is 1. The molecule has 0 saturated heterocycles. The van der Waals surface area contributed by atoms with Gasteiger partial charge in [-0.1, -0.05) is 13.8 Å². The molecule has 0 unspecified atom stereocenters.